The molecule has 2 atom stereocenters. The highest BCUT2D eigenvalue weighted by molar-refractivity contribution is 5.73. The number of ether oxygens (including phenoxy) is 1. The van der Waals surface area contributed by atoms with Gasteiger partial charge in [-0.3, -0.25) is 4.79 Å². The zero-order chi connectivity index (χ0) is 13.2. The Bertz CT molecular complexity index is 231. The fourth-order valence-electron chi connectivity index (χ4n) is 2.75. The van der Waals surface area contributed by atoms with E-state index in [2.05, 4.69) is 12.2 Å². The van der Waals surface area contributed by atoms with Crippen molar-refractivity contribution in [3.8, 4) is 0 Å². The molecule has 1 fully saturated rings. The first kappa shape index (κ1) is 15.5. The third-order valence-corrected chi connectivity index (χ3v) is 3.86. The second-order valence-electron chi connectivity index (χ2n) is 5.33. The molecule has 1 aliphatic rings. The van der Waals surface area contributed by atoms with Crippen molar-refractivity contribution in [2.24, 2.45) is 11.8 Å². The van der Waals surface area contributed by atoms with Gasteiger partial charge in [-0.2, -0.15) is 0 Å². The summed E-state index contributed by atoms with van der Waals surface area (Å²) in [4.78, 5) is 11.8. The van der Waals surface area contributed by atoms with Gasteiger partial charge in [-0.1, -0.05) is 45.4 Å². The fourth-order valence-corrected chi connectivity index (χ4v) is 2.75. The summed E-state index contributed by atoms with van der Waals surface area (Å²) in [5.74, 6) is 0.592. The van der Waals surface area contributed by atoms with Gasteiger partial charge in [0.25, 0.3) is 0 Å². The third kappa shape index (κ3) is 5.38. The van der Waals surface area contributed by atoms with Crippen molar-refractivity contribution in [2.45, 2.75) is 58.8 Å². The van der Waals surface area contributed by atoms with E-state index in [0.717, 1.165) is 13.1 Å². The number of esters is 1. The van der Waals surface area contributed by atoms with Crippen LogP contribution in [0.3, 0.4) is 0 Å². The second-order valence-corrected chi connectivity index (χ2v) is 5.33. The maximum atomic E-state index is 11.8. The second kappa shape index (κ2) is 9.37. The molecule has 2 unspecified atom stereocenters. The largest absolute Gasteiger partial charge is 0.466 e. The molecule has 106 valence electrons. The summed E-state index contributed by atoms with van der Waals surface area (Å²) in [6, 6.07) is 0. The van der Waals surface area contributed by atoms with Gasteiger partial charge < -0.3 is 10.1 Å². The summed E-state index contributed by atoms with van der Waals surface area (Å²) >= 11 is 0. The summed E-state index contributed by atoms with van der Waals surface area (Å²) in [6.45, 7) is 6.41. The van der Waals surface area contributed by atoms with Gasteiger partial charge >= 0.3 is 5.97 Å². The van der Waals surface area contributed by atoms with Crippen molar-refractivity contribution in [2.75, 3.05) is 19.7 Å². The topological polar surface area (TPSA) is 38.3 Å². The summed E-state index contributed by atoms with van der Waals surface area (Å²) in [5, 5.41) is 3.32. The zero-order valence-electron chi connectivity index (χ0n) is 12.0. The van der Waals surface area contributed by atoms with Gasteiger partial charge in [-0.15, -0.1) is 0 Å². The standard InChI is InChI=1S/C15H29NO2/c1-3-5-6-7-8-9-10-13-11-16-12-14(13)15(17)18-4-2/h13-14,16H,3-12H2,1-2H3. The Morgan fingerprint density at radius 1 is 1.11 bits per heavy atom. The van der Waals surface area contributed by atoms with Gasteiger partial charge in [0.05, 0.1) is 12.5 Å². The van der Waals surface area contributed by atoms with Crippen LogP contribution in [0.15, 0.2) is 0 Å². The first-order chi connectivity index (χ1) is 8.79. The number of carbonyl (C=O) groups is 1. The number of hydrogen-bond donors (Lipinski definition) is 1. The zero-order valence-corrected chi connectivity index (χ0v) is 12.0. The van der Waals surface area contributed by atoms with E-state index in [1.54, 1.807) is 0 Å². The Morgan fingerprint density at radius 3 is 2.56 bits per heavy atom. The SMILES string of the molecule is CCCCCCCCC1CNCC1C(=O)OCC. The molecular formula is C15H29NO2. The molecule has 1 rings (SSSR count). The highest BCUT2D eigenvalue weighted by Crippen LogP contribution is 2.24. The lowest BCUT2D eigenvalue weighted by atomic mass is 9.90. The Hall–Kier alpha value is -0.570. The van der Waals surface area contributed by atoms with E-state index in [4.69, 9.17) is 4.74 Å². The van der Waals surface area contributed by atoms with E-state index in [0.29, 0.717) is 12.5 Å². The van der Waals surface area contributed by atoms with Crippen LogP contribution in [0, 0.1) is 11.8 Å². The molecule has 3 heteroatoms. The highest BCUT2D eigenvalue weighted by Gasteiger charge is 2.33. The maximum Gasteiger partial charge on any atom is 0.310 e. The minimum atomic E-state index is -0.00140. The number of rotatable bonds is 9. The smallest absolute Gasteiger partial charge is 0.310 e. The monoisotopic (exact) mass is 255 g/mol. The molecule has 0 aromatic carbocycles. The molecule has 0 aromatic heterocycles. The van der Waals surface area contributed by atoms with Gasteiger partial charge in [0, 0.05) is 6.54 Å². The quantitative estimate of drug-likeness (QED) is 0.508. The summed E-state index contributed by atoms with van der Waals surface area (Å²) < 4.78 is 5.14. The molecule has 1 N–H and O–H groups in total. The molecule has 1 saturated heterocycles. The first-order valence-electron chi connectivity index (χ1n) is 7.66. The minimum absolute atomic E-state index is 0.00140. The van der Waals surface area contributed by atoms with Crippen LogP contribution in [0.5, 0.6) is 0 Å². The molecule has 0 aliphatic carbocycles. The number of hydrogen-bond acceptors (Lipinski definition) is 3. The number of carbonyl (C=O) groups excluding carboxylic acids is 1. The van der Waals surface area contributed by atoms with Crippen LogP contribution in [0.4, 0.5) is 0 Å². The molecule has 0 saturated carbocycles. The normalized spacial score (nSPS) is 23.2. The van der Waals surface area contributed by atoms with Crippen LogP contribution in [-0.2, 0) is 9.53 Å². The van der Waals surface area contributed by atoms with Crippen molar-refractivity contribution < 1.29 is 9.53 Å². The van der Waals surface area contributed by atoms with Gasteiger partial charge in [0.2, 0.25) is 0 Å². The summed E-state index contributed by atoms with van der Waals surface area (Å²) in [6.07, 6.45) is 9.10. The first-order valence-corrected chi connectivity index (χ1v) is 7.66. The Labute approximate surface area is 112 Å². The fraction of sp³-hybridized carbons (Fsp3) is 0.933. The molecule has 0 radical (unpaired) electrons. The van der Waals surface area contributed by atoms with E-state index < -0.39 is 0 Å². The average molecular weight is 255 g/mol. The predicted octanol–water partition coefficient (Wildman–Crippen LogP) is 3.14. The van der Waals surface area contributed by atoms with E-state index in [1.165, 1.54) is 44.9 Å². The maximum absolute atomic E-state index is 11.8. The molecule has 0 spiro atoms. The minimum Gasteiger partial charge on any atom is -0.466 e. The van der Waals surface area contributed by atoms with Crippen molar-refractivity contribution in [1.29, 1.82) is 0 Å². The van der Waals surface area contributed by atoms with Crippen LogP contribution in [-0.4, -0.2) is 25.7 Å². The number of unbranched alkanes of at least 4 members (excludes halogenated alkanes) is 5. The predicted molar refractivity (Wildman–Crippen MR) is 74.5 cm³/mol. The molecule has 0 amide bonds. The molecule has 0 aromatic rings. The molecule has 0 bridgehead atoms. The average Bonchev–Trinajstić information content (AvgIpc) is 2.82. The third-order valence-electron chi connectivity index (χ3n) is 3.86. The van der Waals surface area contributed by atoms with Gasteiger partial charge in [0.15, 0.2) is 0 Å². The van der Waals surface area contributed by atoms with Crippen LogP contribution in [0.1, 0.15) is 58.8 Å². The highest BCUT2D eigenvalue weighted by atomic mass is 16.5. The van der Waals surface area contributed by atoms with Crippen LogP contribution in [0.25, 0.3) is 0 Å². The van der Waals surface area contributed by atoms with Gasteiger partial charge in [-0.05, 0) is 25.8 Å². The van der Waals surface area contributed by atoms with Crippen LogP contribution >= 0.6 is 0 Å². The number of nitrogens with one attached hydrogen (secondary N) is 1. The Kier molecular flexibility index (Phi) is 8.06. The van der Waals surface area contributed by atoms with E-state index >= 15 is 0 Å². The van der Waals surface area contributed by atoms with Crippen molar-refractivity contribution in [3.63, 3.8) is 0 Å². The Morgan fingerprint density at radius 2 is 1.83 bits per heavy atom. The lowest BCUT2D eigenvalue weighted by Gasteiger charge is -2.16. The van der Waals surface area contributed by atoms with Crippen molar-refractivity contribution in [3.05, 3.63) is 0 Å². The molecule has 1 heterocycles. The summed E-state index contributed by atoms with van der Waals surface area (Å²) in [7, 11) is 0. The molecule has 3 nitrogen and oxygen atoms in total. The van der Waals surface area contributed by atoms with Crippen LogP contribution < -0.4 is 5.32 Å². The lowest BCUT2D eigenvalue weighted by Crippen LogP contribution is -2.25. The van der Waals surface area contributed by atoms with E-state index in [9.17, 15) is 4.79 Å². The molecule has 18 heavy (non-hydrogen) atoms. The van der Waals surface area contributed by atoms with E-state index in [-0.39, 0.29) is 11.9 Å². The van der Waals surface area contributed by atoms with Crippen LogP contribution in [0.2, 0.25) is 0 Å². The van der Waals surface area contributed by atoms with Gasteiger partial charge in [0.1, 0.15) is 0 Å². The van der Waals surface area contributed by atoms with Crippen molar-refractivity contribution in [1.82, 2.24) is 5.32 Å². The van der Waals surface area contributed by atoms with Crippen molar-refractivity contribution >= 4 is 5.97 Å². The van der Waals surface area contributed by atoms with Gasteiger partial charge in [-0.25, -0.2) is 0 Å². The molecular weight excluding hydrogens is 226 g/mol. The Balaban J connectivity index is 2.14. The summed E-state index contributed by atoms with van der Waals surface area (Å²) in [5.41, 5.74) is 0. The molecule has 1 aliphatic heterocycles. The lowest BCUT2D eigenvalue weighted by molar-refractivity contribution is -0.148. The van der Waals surface area contributed by atoms with E-state index in [1.807, 2.05) is 6.92 Å².